The van der Waals surface area contributed by atoms with Gasteiger partial charge < -0.3 is 4.74 Å². The number of anilines is 2. The van der Waals surface area contributed by atoms with Gasteiger partial charge in [-0.1, -0.05) is 67.6 Å². The molecule has 1 spiro atoms. The third kappa shape index (κ3) is 3.31. The van der Waals surface area contributed by atoms with E-state index in [9.17, 15) is 4.79 Å². The molecule has 0 amide bonds. The van der Waals surface area contributed by atoms with Crippen LogP contribution in [0.15, 0.2) is 89.1 Å². The molecule has 6 nitrogen and oxygen atoms in total. The molecule has 33 heavy (non-hydrogen) atoms. The Hall–Kier alpha value is -3.58. The van der Waals surface area contributed by atoms with Crippen molar-refractivity contribution >= 4 is 39.9 Å². The number of methoxy groups -OCH3 is 1. The Morgan fingerprint density at radius 2 is 1.64 bits per heavy atom. The highest BCUT2D eigenvalue weighted by Gasteiger charge is 2.56. The number of carbonyl (C=O) groups excluding carboxylic acids is 1. The summed E-state index contributed by atoms with van der Waals surface area (Å²) in [5, 5.41) is 14.1. The molecule has 0 bridgehead atoms. The number of rotatable bonds is 4. The standard InChI is InChI=1S/C26H24N4O2S/c1-4-22-20-15-9-10-16-21(20)26(29(27-22)19-13-6-5-7-14-19)30(23-17-11-8-12-18(23)2)28-24(33-26)25(31)32-3/h5-17H,4H2,1-3H3/t26-/m1/s1. The van der Waals surface area contributed by atoms with Gasteiger partial charge in [-0.25, -0.2) is 14.8 Å². The summed E-state index contributed by atoms with van der Waals surface area (Å²) in [5.74, 6) is -0.466. The second-order valence-corrected chi connectivity index (χ2v) is 8.96. The Kier molecular flexibility index (Phi) is 5.42. The van der Waals surface area contributed by atoms with Crippen LogP contribution in [0.5, 0.6) is 0 Å². The molecule has 7 heteroatoms. The Labute approximate surface area is 197 Å². The third-order valence-corrected chi connectivity index (χ3v) is 7.14. The number of hydrogen-bond acceptors (Lipinski definition) is 7. The monoisotopic (exact) mass is 456 g/mol. The summed E-state index contributed by atoms with van der Waals surface area (Å²) in [7, 11) is 1.38. The van der Waals surface area contributed by atoms with Gasteiger partial charge >= 0.3 is 5.97 Å². The quantitative estimate of drug-likeness (QED) is 0.487. The first-order valence-electron chi connectivity index (χ1n) is 10.8. The lowest BCUT2D eigenvalue weighted by Gasteiger charge is -2.47. The molecule has 2 aliphatic heterocycles. The fourth-order valence-electron chi connectivity index (χ4n) is 4.29. The lowest BCUT2D eigenvalue weighted by atomic mass is 9.96. The summed E-state index contributed by atoms with van der Waals surface area (Å²) in [4.78, 5) is 11.8. The first-order chi connectivity index (χ1) is 16.1. The molecule has 1 atom stereocenters. The van der Waals surface area contributed by atoms with Crippen molar-refractivity contribution in [3.8, 4) is 0 Å². The lowest BCUT2D eigenvalue weighted by Crippen LogP contribution is -2.54. The number of hydrazone groups is 2. The maximum Gasteiger partial charge on any atom is 0.365 e. The summed E-state index contributed by atoms with van der Waals surface area (Å²) in [6.07, 6.45) is 0.774. The van der Waals surface area contributed by atoms with E-state index in [1.807, 2.05) is 83.7 Å². The van der Waals surface area contributed by atoms with E-state index in [-0.39, 0.29) is 5.04 Å². The molecular formula is C26H24N4O2S. The van der Waals surface area contributed by atoms with E-state index >= 15 is 0 Å². The molecule has 3 aromatic rings. The molecule has 0 N–H and O–H groups in total. The van der Waals surface area contributed by atoms with E-state index in [1.54, 1.807) is 0 Å². The number of esters is 1. The normalized spacial score (nSPS) is 19.2. The minimum Gasteiger partial charge on any atom is -0.464 e. The van der Waals surface area contributed by atoms with Crippen molar-refractivity contribution in [2.45, 2.75) is 25.3 Å². The van der Waals surface area contributed by atoms with Gasteiger partial charge in [-0.05, 0) is 48.9 Å². The van der Waals surface area contributed by atoms with E-state index < -0.39 is 11.0 Å². The lowest BCUT2D eigenvalue weighted by molar-refractivity contribution is -0.132. The minimum atomic E-state index is -0.938. The average Bonchev–Trinajstić information content (AvgIpc) is 3.25. The van der Waals surface area contributed by atoms with Crippen LogP contribution in [0.25, 0.3) is 0 Å². The average molecular weight is 457 g/mol. The van der Waals surface area contributed by atoms with Gasteiger partial charge in [0.25, 0.3) is 0 Å². The van der Waals surface area contributed by atoms with Gasteiger partial charge in [-0.2, -0.15) is 10.2 Å². The number of ether oxygens (including phenoxy) is 1. The Bertz CT molecular complexity index is 1270. The second-order valence-electron chi connectivity index (χ2n) is 7.80. The summed E-state index contributed by atoms with van der Waals surface area (Å²) in [6, 6.07) is 26.3. The molecule has 0 saturated carbocycles. The van der Waals surface area contributed by atoms with Gasteiger partial charge in [-0.3, -0.25) is 0 Å². The molecular weight excluding hydrogens is 432 g/mol. The largest absolute Gasteiger partial charge is 0.464 e. The molecule has 166 valence electrons. The molecule has 0 aliphatic carbocycles. The Morgan fingerprint density at radius 1 is 0.939 bits per heavy atom. The zero-order valence-corrected chi connectivity index (χ0v) is 19.5. The summed E-state index contributed by atoms with van der Waals surface area (Å²) < 4.78 is 5.08. The van der Waals surface area contributed by atoms with Crippen LogP contribution in [0.3, 0.4) is 0 Å². The number of thioether (sulfide) groups is 1. The van der Waals surface area contributed by atoms with Crippen LogP contribution in [-0.2, 0) is 14.5 Å². The topological polar surface area (TPSA) is 57.5 Å². The number of nitrogens with zero attached hydrogens (tertiary/aromatic N) is 4. The molecule has 3 aromatic carbocycles. The van der Waals surface area contributed by atoms with Crippen LogP contribution in [0.2, 0.25) is 0 Å². The fraction of sp³-hybridized carbons (Fsp3) is 0.192. The van der Waals surface area contributed by atoms with Gasteiger partial charge in [0.2, 0.25) is 10.0 Å². The van der Waals surface area contributed by atoms with Crippen LogP contribution in [0, 0.1) is 6.92 Å². The maximum absolute atomic E-state index is 12.7. The number of carbonyl (C=O) groups is 1. The van der Waals surface area contributed by atoms with Crippen molar-refractivity contribution in [2.75, 3.05) is 17.1 Å². The first kappa shape index (κ1) is 21.3. The molecule has 0 fully saturated rings. The van der Waals surface area contributed by atoms with E-state index in [1.165, 1.54) is 18.9 Å². The third-order valence-electron chi connectivity index (χ3n) is 5.85. The molecule has 0 saturated heterocycles. The van der Waals surface area contributed by atoms with Gasteiger partial charge in [0, 0.05) is 11.1 Å². The van der Waals surface area contributed by atoms with Crippen molar-refractivity contribution in [1.29, 1.82) is 0 Å². The number of benzene rings is 3. The number of fused-ring (bicyclic) bond motifs is 2. The Balaban J connectivity index is 1.83. The van der Waals surface area contributed by atoms with Crippen LogP contribution >= 0.6 is 11.8 Å². The van der Waals surface area contributed by atoms with Crippen molar-refractivity contribution in [3.05, 3.63) is 95.6 Å². The first-order valence-corrected chi connectivity index (χ1v) is 11.7. The predicted molar refractivity (Wildman–Crippen MR) is 135 cm³/mol. The van der Waals surface area contributed by atoms with Crippen molar-refractivity contribution < 1.29 is 9.53 Å². The van der Waals surface area contributed by atoms with E-state index in [4.69, 9.17) is 14.9 Å². The van der Waals surface area contributed by atoms with Crippen molar-refractivity contribution in [1.82, 2.24) is 0 Å². The predicted octanol–water partition coefficient (Wildman–Crippen LogP) is 5.48. The molecule has 0 aromatic heterocycles. The van der Waals surface area contributed by atoms with Crippen molar-refractivity contribution in [3.63, 3.8) is 0 Å². The highest BCUT2D eigenvalue weighted by molar-refractivity contribution is 8.16. The molecule has 0 radical (unpaired) electrons. The molecule has 5 rings (SSSR count). The van der Waals surface area contributed by atoms with E-state index in [2.05, 4.69) is 19.1 Å². The SMILES string of the molecule is CCC1=NN(c2ccccc2)[C@]2(SC(C(=O)OC)=NN2c2ccccc2C)c2ccccc21. The minimum absolute atomic E-state index is 0.284. The fourth-order valence-corrected chi connectivity index (χ4v) is 5.59. The van der Waals surface area contributed by atoms with Crippen LogP contribution < -0.4 is 10.0 Å². The summed E-state index contributed by atoms with van der Waals surface area (Å²) >= 11 is 1.36. The molecule has 2 heterocycles. The maximum atomic E-state index is 12.7. The second kappa shape index (κ2) is 8.41. The van der Waals surface area contributed by atoms with Gasteiger partial charge in [0.15, 0.2) is 0 Å². The highest BCUT2D eigenvalue weighted by atomic mass is 32.2. The summed E-state index contributed by atoms with van der Waals surface area (Å²) in [6.45, 7) is 4.15. The van der Waals surface area contributed by atoms with Gasteiger partial charge in [0.1, 0.15) is 0 Å². The van der Waals surface area contributed by atoms with Gasteiger partial charge in [0.05, 0.1) is 24.2 Å². The van der Waals surface area contributed by atoms with E-state index in [0.717, 1.165) is 40.2 Å². The number of aryl methyl sites for hydroxylation is 1. The molecule has 0 unspecified atom stereocenters. The summed E-state index contributed by atoms with van der Waals surface area (Å²) in [5.41, 5.74) is 5.91. The van der Waals surface area contributed by atoms with E-state index in [0.29, 0.717) is 0 Å². The Morgan fingerprint density at radius 3 is 2.36 bits per heavy atom. The molecule has 2 aliphatic rings. The van der Waals surface area contributed by atoms with Crippen molar-refractivity contribution in [2.24, 2.45) is 10.2 Å². The van der Waals surface area contributed by atoms with Gasteiger partial charge in [-0.15, -0.1) is 0 Å². The van der Waals surface area contributed by atoms with Crippen LogP contribution in [-0.4, -0.2) is 23.8 Å². The highest BCUT2D eigenvalue weighted by Crippen LogP contribution is 2.55. The van der Waals surface area contributed by atoms with Crippen LogP contribution in [0.1, 0.15) is 30.0 Å². The zero-order chi connectivity index (χ0) is 23.0. The van der Waals surface area contributed by atoms with Crippen LogP contribution in [0.4, 0.5) is 11.4 Å². The zero-order valence-electron chi connectivity index (χ0n) is 18.7. The smallest absolute Gasteiger partial charge is 0.365 e. The number of hydrogen-bond donors (Lipinski definition) is 0. The number of para-hydroxylation sites is 2.